The van der Waals surface area contributed by atoms with E-state index < -0.39 is 10.0 Å². The van der Waals surface area contributed by atoms with Crippen LogP contribution in [0.3, 0.4) is 0 Å². The smallest absolute Gasteiger partial charge is 0.238 e. The highest BCUT2D eigenvalue weighted by atomic mass is 32.2. The number of nitrogens with zero attached hydrogens (tertiary/aromatic N) is 2. The van der Waals surface area contributed by atoms with Gasteiger partial charge in [0.05, 0.1) is 11.9 Å². The fourth-order valence-electron chi connectivity index (χ4n) is 2.59. The van der Waals surface area contributed by atoms with E-state index in [1.54, 1.807) is 36.7 Å². The summed E-state index contributed by atoms with van der Waals surface area (Å²) < 4.78 is 31.5. The van der Waals surface area contributed by atoms with E-state index in [0.717, 1.165) is 11.8 Å². The first kappa shape index (κ1) is 17.2. The van der Waals surface area contributed by atoms with Gasteiger partial charge in [-0.1, -0.05) is 38.1 Å². The van der Waals surface area contributed by atoms with Gasteiger partial charge in [-0.3, -0.25) is 4.98 Å². The van der Waals surface area contributed by atoms with E-state index in [1.807, 2.05) is 12.1 Å². The number of hydrogen-bond donors (Lipinski definition) is 0. The summed E-state index contributed by atoms with van der Waals surface area (Å²) in [6, 6.07) is 14.8. The van der Waals surface area contributed by atoms with Crippen LogP contribution in [0.2, 0.25) is 0 Å². The molecule has 0 saturated heterocycles. The predicted octanol–water partition coefficient (Wildman–Crippen LogP) is 4.56. The zero-order valence-electron chi connectivity index (χ0n) is 14.4. The van der Waals surface area contributed by atoms with Crippen LogP contribution in [0.5, 0.6) is 0 Å². The third-order valence-corrected chi connectivity index (χ3v) is 4.94. The van der Waals surface area contributed by atoms with Gasteiger partial charge in [-0.2, -0.15) is 0 Å². The van der Waals surface area contributed by atoms with E-state index >= 15 is 0 Å². The molecule has 0 unspecified atom stereocenters. The van der Waals surface area contributed by atoms with Crippen molar-refractivity contribution in [1.29, 1.82) is 0 Å². The second kappa shape index (κ2) is 6.72. The molecule has 2 heterocycles. The van der Waals surface area contributed by atoms with Crippen LogP contribution in [-0.2, 0) is 10.0 Å². The van der Waals surface area contributed by atoms with Gasteiger partial charge in [0.1, 0.15) is 5.76 Å². The standard InChI is InChI=1S/C19H20N2O3S/c1-14(2)15-4-6-16(7-5-15)18-8-9-19(24-18)21(25(3,22)23)17-10-12-20-13-11-17/h4-14H,1-3H3. The second-order valence-corrected chi connectivity index (χ2v) is 7.98. The van der Waals surface area contributed by atoms with E-state index in [1.165, 1.54) is 9.87 Å². The lowest BCUT2D eigenvalue weighted by atomic mass is 10.0. The van der Waals surface area contributed by atoms with Gasteiger partial charge in [-0.05, 0) is 29.7 Å². The number of anilines is 2. The summed E-state index contributed by atoms with van der Waals surface area (Å²) in [5.41, 5.74) is 2.62. The molecular formula is C19H20N2O3S. The Morgan fingerprint density at radius 1 is 0.960 bits per heavy atom. The maximum Gasteiger partial charge on any atom is 0.238 e. The highest BCUT2D eigenvalue weighted by molar-refractivity contribution is 7.92. The Kier molecular flexibility index (Phi) is 4.63. The summed E-state index contributed by atoms with van der Waals surface area (Å²) in [5.74, 6) is 1.32. The molecule has 0 amide bonds. The highest BCUT2D eigenvalue weighted by Gasteiger charge is 2.23. The number of sulfonamides is 1. The molecule has 130 valence electrons. The molecule has 1 aromatic carbocycles. The van der Waals surface area contributed by atoms with Gasteiger partial charge >= 0.3 is 0 Å². The van der Waals surface area contributed by atoms with Gasteiger partial charge in [0.2, 0.25) is 15.9 Å². The zero-order chi connectivity index (χ0) is 18.0. The summed E-state index contributed by atoms with van der Waals surface area (Å²) in [7, 11) is -3.55. The molecule has 0 aliphatic carbocycles. The fraction of sp³-hybridized carbons (Fsp3) is 0.211. The quantitative estimate of drug-likeness (QED) is 0.672. The first-order valence-corrected chi connectivity index (χ1v) is 9.81. The molecular weight excluding hydrogens is 336 g/mol. The summed E-state index contributed by atoms with van der Waals surface area (Å²) in [4.78, 5) is 3.93. The van der Waals surface area contributed by atoms with Crippen LogP contribution in [0.4, 0.5) is 11.6 Å². The van der Waals surface area contributed by atoms with Crippen molar-refractivity contribution in [2.45, 2.75) is 19.8 Å². The summed E-state index contributed by atoms with van der Waals surface area (Å²) >= 11 is 0. The molecule has 0 radical (unpaired) electrons. The third kappa shape index (κ3) is 3.74. The highest BCUT2D eigenvalue weighted by Crippen LogP contribution is 2.33. The van der Waals surface area contributed by atoms with Crippen molar-refractivity contribution in [2.24, 2.45) is 0 Å². The van der Waals surface area contributed by atoms with Crippen molar-refractivity contribution in [1.82, 2.24) is 4.98 Å². The average molecular weight is 356 g/mol. The van der Waals surface area contributed by atoms with Crippen molar-refractivity contribution >= 4 is 21.6 Å². The van der Waals surface area contributed by atoms with E-state index in [2.05, 4.69) is 31.0 Å². The molecule has 3 aromatic rings. The largest absolute Gasteiger partial charge is 0.439 e. The lowest BCUT2D eigenvalue weighted by Crippen LogP contribution is -2.24. The molecule has 2 aromatic heterocycles. The molecule has 0 aliphatic heterocycles. The van der Waals surface area contributed by atoms with Crippen LogP contribution in [-0.4, -0.2) is 19.7 Å². The normalized spacial score (nSPS) is 11.7. The van der Waals surface area contributed by atoms with Crippen molar-refractivity contribution in [3.8, 4) is 11.3 Å². The van der Waals surface area contributed by atoms with Crippen LogP contribution < -0.4 is 4.31 Å². The van der Waals surface area contributed by atoms with Crippen LogP contribution in [0.15, 0.2) is 65.3 Å². The van der Waals surface area contributed by atoms with Gasteiger partial charge in [0.25, 0.3) is 0 Å². The molecule has 0 N–H and O–H groups in total. The Balaban J connectivity index is 1.98. The van der Waals surface area contributed by atoms with Crippen LogP contribution in [0.1, 0.15) is 25.3 Å². The lowest BCUT2D eigenvalue weighted by molar-refractivity contribution is 0.575. The number of hydrogen-bond acceptors (Lipinski definition) is 4. The lowest BCUT2D eigenvalue weighted by Gasteiger charge is -2.19. The molecule has 0 aliphatic rings. The molecule has 0 fully saturated rings. The molecule has 0 bridgehead atoms. The Hall–Kier alpha value is -2.60. The monoisotopic (exact) mass is 356 g/mol. The van der Waals surface area contributed by atoms with Crippen molar-refractivity contribution < 1.29 is 12.8 Å². The average Bonchev–Trinajstić information content (AvgIpc) is 3.04. The fourth-order valence-corrected chi connectivity index (χ4v) is 3.52. The molecule has 3 rings (SSSR count). The molecule has 0 spiro atoms. The van der Waals surface area contributed by atoms with Gasteiger partial charge < -0.3 is 4.42 Å². The Bertz CT molecular complexity index is 946. The summed E-state index contributed by atoms with van der Waals surface area (Å²) in [6.07, 6.45) is 4.23. The second-order valence-electron chi connectivity index (χ2n) is 6.15. The molecule has 0 saturated carbocycles. The van der Waals surface area contributed by atoms with E-state index in [4.69, 9.17) is 4.42 Å². The number of rotatable bonds is 5. The maximum atomic E-state index is 12.2. The predicted molar refractivity (Wildman–Crippen MR) is 99.5 cm³/mol. The molecule has 5 nitrogen and oxygen atoms in total. The maximum absolute atomic E-state index is 12.2. The van der Waals surface area contributed by atoms with Gasteiger partial charge in [-0.15, -0.1) is 0 Å². The van der Waals surface area contributed by atoms with Crippen molar-refractivity contribution in [3.63, 3.8) is 0 Å². The third-order valence-electron chi connectivity index (χ3n) is 3.88. The summed E-state index contributed by atoms with van der Waals surface area (Å²) in [5, 5.41) is 0. The SMILES string of the molecule is CC(C)c1ccc(-c2ccc(N(c3ccncc3)S(C)(=O)=O)o2)cc1. The Morgan fingerprint density at radius 3 is 2.16 bits per heavy atom. The van der Waals surface area contributed by atoms with Crippen molar-refractivity contribution in [2.75, 3.05) is 10.6 Å². The Labute approximate surface area is 148 Å². The minimum atomic E-state index is -3.55. The van der Waals surface area contributed by atoms with Crippen LogP contribution in [0, 0.1) is 0 Å². The molecule has 25 heavy (non-hydrogen) atoms. The first-order valence-electron chi connectivity index (χ1n) is 7.97. The Morgan fingerprint density at radius 2 is 1.60 bits per heavy atom. The van der Waals surface area contributed by atoms with E-state index in [-0.39, 0.29) is 5.88 Å². The van der Waals surface area contributed by atoms with Gasteiger partial charge in [0, 0.05) is 24.0 Å². The number of benzene rings is 1. The summed E-state index contributed by atoms with van der Waals surface area (Å²) in [6.45, 7) is 4.28. The zero-order valence-corrected chi connectivity index (χ0v) is 15.2. The molecule has 0 atom stereocenters. The molecule has 6 heteroatoms. The number of pyridine rings is 1. The van der Waals surface area contributed by atoms with Gasteiger partial charge in [0.15, 0.2) is 0 Å². The topological polar surface area (TPSA) is 63.4 Å². The minimum Gasteiger partial charge on any atom is -0.439 e. The van der Waals surface area contributed by atoms with Crippen LogP contribution >= 0.6 is 0 Å². The van der Waals surface area contributed by atoms with E-state index in [0.29, 0.717) is 17.4 Å². The number of aromatic nitrogens is 1. The first-order chi connectivity index (χ1) is 11.9. The van der Waals surface area contributed by atoms with Gasteiger partial charge in [-0.25, -0.2) is 12.7 Å². The minimum absolute atomic E-state index is 0.247. The van der Waals surface area contributed by atoms with E-state index in [9.17, 15) is 8.42 Å². The van der Waals surface area contributed by atoms with Crippen LogP contribution in [0.25, 0.3) is 11.3 Å². The number of furan rings is 1. The van der Waals surface area contributed by atoms with Crippen molar-refractivity contribution in [3.05, 3.63) is 66.5 Å².